The Hall–Kier alpha value is -0.860. The first-order valence-electron chi connectivity index (χ1n) is 9.02. The van der Waals surface area contributed by atoms with Gasteiger partial charge in [-0.05, 0) is 73.7 Å². The number of aliphatic hydroxyl groups excluding tert-OH is 1. The third kappa shape index (κ3) is 2.41. The Labute approximate surface area is 134 Å². The molecule has 22 heavy (non-hydrogen) atoms. The maximum Gasteiger partial charge on any atom is 0.0555 e. The molecule has 2 heteroatoms. The molecule has 1 aromatic carbocycles. The standard InChI is InChI=1S/C20H29NO/c1-15-2-4-18(5-3-15)20-11-16-8-17(12-20)10-19(9-16,13-20)14-21-6-7-22/h2-5,16-17,21-22H,6-14H2,1H3/t16-,17-,19?,20?/m1/s1. The van der Waals surface area contributed by atoms with Gasteiger partial charge in [-0.3, -0.25) is 0 Å². The topological polar surface area (TPSA) is 32.3 Å². The summed E-state index contributed by atoms with van der Waals surface area (Å²) in [5.41, 5.74) is 3.90. The van der Waals surface area contributed by atoms with Crippen molar-refractivity contribution >= 4 is 0 Å². The zero-order valence-electron chi connectivity index (χ0n) is 13.8. The lowest BCUT2D eigenvalue weighted by Crippen LogP contribution is -2.57. The van der Waals surface area contributed by atoms with E-state index in [1.807, 2.05) is 0 Å². The SMILES string of the molecule is Cc1ccc(C23C[C@@H]4C[C@H](CC(CNCCO)(C4)C2)C3)cc1. The lowest BCUT2D eigenvalue weighted by molar-refractivity contribution is -0.0708. The highest BCUT2D eigenvalue weighted by Gasteiger charge is 2.57. The summed E-state index contributed by atoms with van der Waals surface area (Å²) in [5.74, 6) is 1.86. The molecule has 4 aliphatic carbocycles. The number of aliphatic hydroxyl groups is 1. The van der Waals surface area contributed by atoms with Gasteiger partial charge >= 0.3 is 0 Å². The molecule has 0 aromatic heterocycles. The summed E-state index contributed by atoms with van der Waals surface area (Å²) in [6, 6.07) is 9.39. The quantitative estimate of drug-likeness (QED) is 0.817. The van der Waals surface area contributed by atoms with Crippen molar-refractivity contribution in [2.75, 3.05) is 19.7 Å². The highest BCUT2D eigenvalue weighted by Crippen LogP contribution is 2.65. The fraction of sp³-hybridized carbons (Fsp3) is 0.700. The number of benzene rings is 1. The summed E-state index contributed by atoms with van der Waals surface area (Å²) in [6.45, 7) is 4.29. The Morgan fingerprint density at radius 2 is 1.77 bits per heavy atom. The van der Waals surface area contributed by atoms with Gasteiger partial charge in [0.15, 0.2) is 0 Å². The van der Waals surface area contributed by atoms with E-state index in [0.717, 1.165) is 24.9 Å². The van der Waals surface area contributed by atoms with Crippen molar-refractivity contribution in [2.24, 2.45) is 17.3 Å². The fourth-order valence-electron chi connectivity index (χ4n) is 6.34. The Morgan fingerprint density at radius 1 is 1.09 bits per heavy atom. The van der Waals surface area contributed by atoms with Crippen LogP contribution in [0.1, 0.15) is 49.7 Å². The second-order valence-electron chi connectivity index (χ2n) is 8.51. The predicted molar refractivity (Wildman–Crippen MR) is 89.9 cm³/mol. The summed E-state index contributed by atoms with van der Waals surface area (Å²) >= 11 is 0. The van der Waals surface area contributed by atoms with Crippen LogP contribution in [0.5, 0.6) is 0 Å². The number of rotatable bonds is 5. The van der Waals surface area contributed by atoms with Gasteiger partial charge in [0, 0.05) is 13.1 Å². The molecule has 5 rings (SSSR count). The summed E-state index contributed by atoms with van der Waals surface area (Å²) < 4.78 is 0. The summed E-state index contributed by atoms with van der Waals surface area (Å²) in [6.07, 6.45) is 8.47. The second kappa shape index (κ2) is 5.35. The molecule has 2 atom stereocenters. The first-order valence-corrected chi connectivity index (χ1v) is 9.02. The smallest absolute Gasteiger partial charge is 0.0555 e. The van der Waals surface area contributed by atoms with Crippen molar-refractivity contribution in [2.45, 2.75) is 50.9 Å². The first-order chi connectivity index (χ1) is 10.6. The average molecular weight is 299 g/mol. The molecular weight excluding hydrogens is 270 g/mol. The molecule has 0 spiro atoms. The molecule has 0 unspecified atom stereocenters. The van der Waals surface area contributed by atoms with Crippen LogP contribution in [-0.2, 0) is 5.41 Å². The van der Waals surface area contributed by atoms with Gasteiger partial charge in [0.25, 0.3) is 0 Å². The van der Waals surface area contributed by atoms with E-state index < -0.39 is 0 Å². The largest absolute Gasteiger partial charge is 0.395 e. The van der Waals surface area contributed by atoms with Crippen molar-refractivity contribution in [3.05, 3.63) is 35.4 Å². The first kappa shape index (κ1) is 14.7. The van der Waals surface area contributed by atoms with Crippen LogP contribution in [0.4, 0.5) is 0 Å². The molecule has 0 heterocycles. The average Bonchev–Trinajstić information content (AvgIpc) is 2.46. The zero-order chi connectivity index (χ0) is 15.2. The summed E-state index contributed by atoms with van der Waals surface area (Å²) in [7, 11) is 0. The third-order valence-electron chi connectivity index (χ3n) is 6.63. The maximum absolute atomic E-state index is 9.07. The molecule has 120 valence electrons. The van der Waals surface area contributed by atoms with E-state index in [1.54, 1.807) is 5.56 Å². The highest BCUT2D eigenvalue weighted by molar-refractivity contribution is 5.32. The van der Waals surface area contributed by atoms with Gasteiger partial charge in [0.2, 0.25) is 0 Å². The zero-order valence-corrected chi connectivity index (χ0v) is 13.8. The van der Waals surface area contributed by atoms with Crippen LogP contribution in [0, 0.1) is 24.2 Å². The molecule has 0 saturated heterocycles. The molecule has 0 aliphatic heterocycles. The Balaban J connectivity index is 1.62. The molecule has 2 nitrogen and oxygen atoms in total. The number of hydrogen-bond donors (Lipinski definition) is 2. The van der Waals surface area contributed by atoms with Gasteiger partial charge in [-0.1, -0.05) is 29.8 Å². The molecule has 4 aliphatic rings. The molecule has 4 saturated carbocycles. The molecule has 4 fully saturated rings. The van der Waals surface area contributed by atoms with Gasteiger partial charge in [-0.15, -0.1) is 0 Å². The minimum atomic E-state index is 0.256. The third-order valence-corrected chi connectivity index (χ3v) is 6.63. The van der Waals surface area contributed by atoms with Crippen LogP contribution in [0.25, 0.3) is 0 Å². The summed E-state index contributed by atoms with van der Waals surface area (Å²) in [5, 5.41) is 12.6. The van der Waals surface area contributed by atoms with E-state index in [9.17, 15) is 0 Å². The van der Waals surface area contributed by atoms with Crippen LogP contribution in [0.15, 0.2) is 24.3 Å². The lowest BCUT2D eigenvalue weighted by Gasteiger charge is -2.62. The van der Waals surface area contributed by atoms with E-state index in [4.69, 9.17) is 5.11 Å². The number of aryl methyl sites for hydroxylation is 1. The molecule has 0 radical (unpaired) electrons. The summed E-state index contributed by atoms with van der Waals surface area (Å²) in [4.78, 5) is 0. The fourth-order valence-corrected chi connectivity index (χ4v) is 6.34. The van der Waals surface area contributed by atoms with E-state index in [1.165, 1.54) is 44.1 Å². The Kier molecular flexibility index (Phi) is 3.58. The van der Waals surface area contributed by atoms with Gasteiger partial charge in [0.05, 0.1) is 6.61 Å². The minimum Gasteiger partial charge on any atom is -0.395 e. The molecule has 1 aromatic rings. The van der Waals surface area contributed by atoms with Crippen LogP contribution in [-0.4, -0.2) is 24.8 Å². The number of nitrogens with one attached hydrogen (secondary N) is 1. The van der Waals surface area contributed by atoms with Gasteiger partial charge < -0.3 is 10.4 Å². The molecule has 4 bridgehead atoms. The van der Waals surface area contributed by atoms with Crippen molar-refractivity contribution in [3.8, 4) is 0 Å². The van der Waals surface area contributed by atoms with E-state index >= 15 is 0 Å². The normalized spacial score (nSPS) is 39.4. The van der Waals surface area contributed by atoms with E-state index in [0.29, 0.717) is 10.8 Å². The molecule has 0 amide bonds. The van der Waals surface area contributed by atoms with Gasteiger partial charge in [0.1, 0.15) is 0 Å². The minimum absolute atomic E-state index is 0.256. The van der Waals surface area contributed by atoms with Crippen molar-refractivity contribution in [3.63, 3.8) is 0 Å². The number of hydrogen-bond acceptors (Lipinski definition) is 2. The van der Waals surface area contributed by atoms with Crippen molar-refractivity contribution in [1.29, 1.82) is 0 Å². The second-order valence-corrected chi connectivity index (χ2v) is 8.51. The van der Waals surface area contributed by atoms with E-state index in [-0.39, 0.29) is 6.61 Å². The van der Waals surface area contributed by atoms with Crippen LogP contribution in [0.3, 0.4) is 0 Å². The van der Waals surface area contributed by atoms with E-state index in [2.05, 4.69) is 36.5 Å². The van der Waals surface area contributed by atoms with Crippen LogP contribution in [0.2, 0.25) is 0 Å². The molecular formula is C20H29NO. The lowest BCUT2D eigenvalue weighted by atomic mass is 9.43. The highest BCUT2D eigenvalue weighted by atomic mass is 16.3. The Bertz CT molecular complexity index is 521. The molecule has 2 N–H and O–H groups in total. The van der Waals surface area contributed by atoms with Crippen LogP contribution >= 0.6 is 0 Å². The van der Waals surface area contributed by atoms with Crippen molar-refractivity contribution < 1.29 is 5.11 Å². The van der Waals surface area contributed by atoms with Gasteiger partial charge in [-0.25, -0.2) is 0 Å². The Morgan fingerprint density at radius 3 is 2.41 bits per heavy atom. The predicted octanol–water partition coefficient (Wildman–Crippen LogP) is 3.41. The maximum atomic E-state index is 9.07. The monoisotopic (exact) mass is 299 g/mol. The van der Waals surface area contributed by atoms with Gasteiger partial charge in [-0.2, -0.15) is 0 Å². The van der Waals surface area contributed by atoms with Crippen molar-refractivity contribution in [1.82, 2.24) is 5.32 Å². The van der Waals surface area contributed by atoms with Crippen LogP contribution < -0.4 is 5.32 Å².